The summed E-state index contributed by atoms with van der Waals surface area (Å²) >= 11 is 0. The molecule has 6 rings (SSSR count). The Kier molecular flexibility index (Phi) is 6.33. The lowest BCUT2D eigenvalue weighted by Crippen LogP contribution is -2.47. The molecular weight excluding hydrogens is 458 g/mol. The van der Waals surface area contributed by atoms with Crippen LogP contribution in [0.3, 0.4) is 0 Å². The summed E-state index contributed by atoms with van der Waals surface area (Å²) in [6.07, 6.45) is 11.3. The molecule has 4 aliphatic rings. The van der Waals surface area contributed by atoms with Crippen LogP contribution in [0.2, 0.25) is 0 Å². The molecule has 192 valence electrons. The normalized spacial score (nSPS) is 23.0. The summed E-state index contributed by atoms with van der Waals surface area (Å²) in [6, 6.07) is 8.51. The number of carbonyl (C=O) groups is 1. The van der Waals surface area contributed by atoms with E-state index in [0.717, 1.165) is 69.3 Å². The van der Waals surface area contributed by atoms with E-state index in [1.807, 2.05) is 18.3 Å². The van der Waals surface area contributed by atoms with Gasteiger partial charge in [-0.25, -0.2) is 14.8 Å². The first-order chi connectivity index (χ1) is 17.6. The molecule has 0 radical (unpaired) electrons. The monoisotopic (exact) mass is 493 g/mol. The van der Waals surface area contributed by atoms with Crippen LogP contribution in [0.1, 0.15) is 44.9 Å². The third kappa shape index (κ3) is 4.68. The van der Waals surface area contributed by atoms with Gasteiger partial charge < -0.3 is 24.0 Å². The molecule has 3 saturated heterocycles. The van der Waals surface area contributed by atoms with E-state index in [-0.39, 0.29) is 12.2 Å². The SMILES string of the molecule is COc1ccc(N2CC3(CCN(c4ccc(OC5CCN(C6CCC6)CC5)nc4)CC3)OC2=O)cn1. The van der Waals surface area contributed by atoms with Gasteiger partial charge in [0.05, 0.1) is 37.4 Å². The van der Waals surface area contributed by atoms with E-state index in [4.69, 9.17) is 14.2 Å². The number of methoxy groups -OCH3 is 1. The number of piperidine rings is 2. The number of anilines is 2. The van der Waals surface area contributed by atoms with Crippen molar-refractivity contribution in [1.82, 2.24) is 14.9 Å². The average molecular weight is 494 g/mol. The van der Waals surface area contributed by atoms with E-state index in [0.29, 0.717) is 18.3 Å². The maximum absolute atomic E-state index is 12.6. The number of pyridine rings is 2. The minimum absolute atomic E-state index is 0.260. The Morgan fingerprint density at radius 1 is 0.917 bits per heavy atom. The third-order valence-corrected chi connectivity index (χ3v) is 8.33. The van der Waals surface area contributed by atoms with Crippen LogP contribution in [0.5, 0.6) is 11.8 Å². The molecule has 4 fully saturated rings. The molecule has 1 spiro atoms. The van der Waals surface area contributed by atoms with Crippen LogP contribution >= 0.6 is 0 Å². The van der Waals surface area contributed by atoms with Crippen LogP contribution in [-0.2, 0) is 4.74 Å². The molecule has 3 aliphatic heterocycles. The number of nitrogens with zero attached hydrogens (tertiary/aromatic N) is 5. The van der Waals surface area contributed by atoms with Gasteiger partial charge in [-0.2, -0.15) is 0 Å². The molecular formula is C27H35N5O4. The lowest BCUT2D eigenvalue weighted by Gasteiger charge is -2.41. The third-order valence-electron chi connectivity index (χ3n) is 8.33. The number of aromatic nitrogens is 2. The van der Waals surface area contributed by atoms with E-state index >= 15 is 0 Å². The lowest BCUT2D eigenvalue weighted by atomic mass is 9.90. The molecule has 1 amide bonds. The van der Waals surface area contributed by atoms with Gasteiger partial charge in [0.2, 0.25) is 11.8 Å². The van der Waals surface area contributed by atoms with Gasteiger partial charge in [-0.1, -0.05) is 6.42 Å². The average Bonchev–Trinajstić information content (AvgIpc) is 3.20. The Balaban J connectivity index is 1.00. The van der Waals surface area contributed by atoms with Crippen molar-refractivity contribution in [3.05, 3.63) is 36.7 Å². The van der Waals surface area contributed by atoms with Crippen LogP contribution in [-0.4, -0.2) is 78.5 Å². The van der Waals surface area contributed by atoms with Crippen LogP contribution in [0.25, 0.3) is 0 Å². The van der Waals surface area contributed by atoms with Crippen molar-refractivity contribution in [2.24, 2.45) is 0 Å². The number of ether oxygens (including phenoxy) is 3. The van der Waals surface area contributed by atoms with E-state index in [2.05, 4.69) is 25.8 Å². The van der Waals surface area contributed by atoms with Gasteiger partial charge in [0.25, 0.3) is 0 Å². The summed E-state index contributed by atoms with van der Waals surface area (Å²) < 4.78 is 17.2. The molecule has 0 aromatic carbocycles. The van der Waals surface area contributed by atoms with Gasteiger partial charge in [-0.3, -0.25) is 4.90 Å². The van der Waals surface area contributed by atoms with Crippen LogP contribution < -0.4 is 19.3 Å². The fourth-order valence-electron chi connectivity index (χ4n) is 5.82. The minimum Gasteiger partial charge on any atom is -0.481 e. The first-order valence-electron chi connectivity index (χ1n) is 13.2. The van der Waals surface area contributed by atoms with E-state index < -0.39 is 5.60 Å². The van der Waals surface area contributed by atoms with Crippen LogP contribution in [0.4, 0.5) is 16.2 Å². The van der Waals surface area contributed by atoms with Gasteiger partial charge >= 0.3 is 6.09 Å². The Morgan fingerprint density at radius 2 is 1.61 bits per heavy atom. The second kappa shape index (κ2) is 9.76. The molecule has 0 bridgehead atoms. The van der Waals surface area contributed by atoms with Crippen molar-refractivity contribution in [3.63, 3.8) is 0 Å². The van der Waals surface area contributed by atoms with Gasteiger partial charge in [0.1, 0.15) is 11.7 Å². The fourth-order valence-corrected chi connectivity index (χ4v) is 5.82. The molecule has 0 N–H and O–H groups in total. The first kappa shape index (κ1) is 23.3. The van der Waals surface area contributed by atoms with Gasteiger partial charge in [-0.15, -0.1) is 0 Å². The van der Waals surface area contributed by atoms with Crippen LogP contribution in [0, 0.1) is 0 Å². The lowest BCUT2D eigenvalue weighted by molar-refractivity contribution is 0.0366. The zero-order chi connectivity index (χ0) is 24.5. The number of carbonyl (C=O) groups excluding carboxylic acids is 1. The predicted molar refractivity (Wildman–Crippen MR) is 136 cm³/mol. The smallest absolute Gasteiger partial charge is 0.415 e. The highest BCUT2D eigenvalue weighted by Crippen LogP contribution is 2.37. The molecule has 9 nitrogen and oxygen atoms in total. The predicted octanol–water partition coefficient (Wildman–Crippen LogP) is 3.88. The van der Waals surface area contributed by atoms with Crippen molar-refractivity contribution < 1.29 is 19.0 Å². The quantitative estimate of drug-likeness (QED) is 0.600. The zero-order valence-electron chi connectivity index (χ0n) is 21.0. The molecule has 1 aliphatic carbocycles. The highest BCUT2D eigenvalue weighted by molar-refractivity contribution is 5.90. The molecule has 9 heteroatoms. The number of rotatable bonds is 6. The van der Waals surface area contributed by atoms with Crippen molar-refractivity contribution in [2.45, 2.75) is 62.7 Å². The maximum Gasteiger partial charge on any atom is 0.415 e. The minimum atomic E-state index is -0.460. The van der Waals surface area contributed by atoms with Gasteiger partial charge in [0, 0.05) is 57.2 Å². The summed E-state index contributed by atoms with van der Waals surface area (Å²) in [6.45, 7) is 4.44. The van der Waals surface area contributed by atoms with E-state index in [1.54, 1.807) is 24.3 Å². The number of hydrogen-bond donors (Lipinski definition) is 0. The Bertz CT molecular complexity index is 1040. The van der Waals surface area contributed by atoms with Crippen LogP contribution in [0.15, 0.2) is 36.7 Å². The molecule has 2 aromatic heterocycles. The molecule has 0 unspecified atom stereocenters. The molecule has 0 atom stereocenters. The first-order valence-corrected chi connectivity index (χ1v) is 13.2. The Morgan fingerprint density at radius 3 is 2.22 bits per heavy atom. The molecule has 5 heterocycles. The summed E-state index contributed by atoms with van der Waals surface area (Å²) in [5.41, 5.74) is 1.35. The standard InChI is InChI=1S/C27H35N5O4/c1-34-24-7-6-22(18-28-24)32-19-27(36-26(32)33)11-15-31(16-12-27)21-5-8-25(29-17-21)35-23-9-13-30(14-10-23)20-3-2-4-20/h5-8,17-18,20,23H,2-4,9-16,19H2,1H3. The van der Waals surface area contributed by atoms with Crippen molar-refractivity contribution in [2.75, 3.05) is 49.6 Å². The summed E-state index contributed by atoms with van der Waals surface area (Å²) in [7, 11) is 1.57. The Labute approximate surface area is 212 Å². The second-order valence-electron chi connectivity index (χ2n) is 10.5. The second-order valence-corrected chi connectivity index (χ2v) is 10.5. The molecule has 2 aromatic rings. The Hall–Kier alpha value is -3.07. The largest absolute Gasteiger partial charge is 0.481 e. The zero-order valence-corrected chi connectivity index (χ0v) is 21.0. The van der Waals surface area contributed by atoms with Gasteiger partial charge in [0.15, 0.2) is 0 Å². The maximum atomic E-state index is 12.6. The highest BCUT2D eigenvalue weighted by Gasteiger charge is 2.47. The van der Waals surface area contributed by atoms with Crippen molar-refractivity contribution in [1.29, 1.82) is 0 Å². The summed E-state index contributed by atoms with van der Waals surface area (Å²) in [5.74, 6) is 1.23. The van der Waals surface area contributed by atoms with Crippen molar-refractivity contribution >= 4 is 17.5 Å². The number of likely N-dealkylation sites (tertiary alicyclic amines) is 1. The van der Waals surface area contributed by atoms with E-state index in [1.165, 1.54) is 19.3 Å². The topological polar surface area (TPSA) is 80.3 Å². The van der Waals surface area contributed by atoms with Crippen molar-refractivity contribution in [3.8, 4) is 11.8 Å². The summed E-state index contributed by atoms with van der Waals surface area (Å²) in [5, 5.41) is 0. The molecule has 1 saturated carbocycles. The molecule has 36 heavy (non-hydrogen) atoms. The highest BCUT2D eigenvalue weighted by atomic mass is 16.6. The fraction of sp³-hybridized carbons (Fsp3) is 0.593. The number of hydrogen-bond acceptors (Lipinski definition) is 8. The van der Waals surface area contributed by atoms with E-state index in [9.17, 15) is 4.79 Å². The summed E-state index contributed by atoms with van der Waals surface area (Å²) in [4.78, 5) is 28.1. The number of amides is 1. The van der Waals surface area contributed by atoms with Gasteiger partial charge in [-0.05, 0) is 37.8 Å².